The Morgan fingerprint density at radius 3 is 2.79 bits per heavy atom. The van der Waals surface area contributed by atoms with Gasteiger partial charge >= 0.3 is 0 Å². The van der Waals surface area contributed by atoms with Gasteiger partial charge in [-0.1, -0.05) is 50.7 Å². The fourth-order valence-corrected chi connectivity index (χ4v) is 6.61. The standard InChI is InChI=1S/C28H33N5O3S2/c1-6-13-33-24(16-36-22-10-8-7-9-21(22)35-5)31-32-27(33)37-17-25(34)30-26-20(15-29)19-12-11-18(28(2,3)4)14-23(19)38-26/h6-10,18H,1,11-14,16-17H2,2-5H3,(H,30,34)/t18-/m0/s1. The third-order valence-corrected chi connectivity index (χ3v) is 8.85. The van der Waals surface area contributed by atoms with E-state index < -0.39 is 0 Å². The number of methoxy groups -OCH3 is 1. The van der Waals surface area contributed by atoms with Gasteiger partial charge in [-0.05, 0) is 48.3 Å². The maximum absolute atomic E-state index is 12.9. The van der Waals surface area contributed by atoms with Crippen LogP contribution in [-0.4, -0.2) is 33.5 Å². The van der Waals surface area contributed by atoms with Gasteiger partial charge in [-0.2, -0.15) is 5.26 Å². The number of amides is 1. The summed E-state index contributed by atoms with van der Waals surface area (Å²) in [5.41, 5.74) is 1.93. The Balaban J connectivity index is 1.41. The molecule has 4 rings (SSSR count). The molecule has 0 spiro atoms. The number of ether oxygens (including phenoxy) is 2. The number of fused-ring (bicyclic) bond motifs is 1. The summed E-state index contributed by atoms with van der Waals surface area (Å²) in [7, 11) is 1.59. The Morgan fingerprint density at radius 1 is 1.34 bits per heavy atom. The molecule has 1 aliphatic carbocycles. The van der Waals surface area contributed by atoms with Crippen molar-refractivity contribution >= 4 is 34.0 Å². The maximum atomic E-state index is 12.9. The average Bonchev–Trinajstić information content (AvgIpc) is 3.45. The summed E-state index contributed by atoms with van der Waals surface area (Å²) in [6, 6.07) is 9.73. The Hall–Kier alpha value is -3.29. The van der Waals surface area contributed by atoms with Crippen LogP contribution in [0, 0.1) is 22.7 Å². The van der Waals surface area contributed by atoms with Gasteiger partial charge in [-0.25, -0.2) is 0 Å². The molecule has 10 heteroatoms. The molecular weight excluding hydrogens is 518 g/mol. The van der Waals surface area contributed by atoms with Gasteiger partial charge in [0.15, 0.2) is 22.5 Å². The van der Waals surface area contributed by atoms with Crippen molar-refractivity contribution in [3.05, 3.63) is 58.7 Å². The van der Waals surface area contributed by atoms with Gasteiger partial charge in [-0.15, -0.1) is 28.1 Å². The number of rotatable bonds is 10. The molecule has 1 atom stereocenters. The molecule has 0 bridgehead atoms. The molecule has 38 heavy (non-hydrogen) atoms. The number of nitrogens with zero attached hydrogens (tertiary/aromatic N) is 4. The molecule has 0 fully saturated rings. The number of nitrogens with one attached hydrogen (secondary N) is 1. The van der Waals surface area contributed by atoms with Crippen molar-refractivity contribution in [2.45, 2.75) is 58.3 Å². The van der Waals surface area contributed by atoms with E-state index in [4.69, 9.17) is 9.47 Å². The van der Waals surface area contributed by atoms with E-state index in [0.29, 0.717) is 45.5 Å². The van der Waals surface area contributed by atoms with Gasteiger partial charge in [0.1, 0.15) is 17.7 Å². The molecule has 0 radical (unpaired) electrons. The summed E-state index contributed by atoms with van der Waals surface area (Å²) in [6.07, 6.45) is 4.65. The summed E-state index contributed by atoms with van der Waals surface area (Å²) >= 11 is 2.83. The van der Waals surface area contributed by atoms with Gasteiger partial charge in [0.25, 0.3) is 0 Å². The summed E-state index contributed by atoms with van der Waals surface area (Å²) in [6.45, 7) is 11.3. The second-order valence-corrected chi connectivity index (χ2v) is 12.2. The first-order valence-corrected chi connectivity index (χ1v) is 14.3. The quantitative estimate of drug-likeness (QED) is 0.248. The van der Waals surface area contributed by atoms with Crippen LogP contribution in [-0.2, 0) is 30.8 Å². The monoisotopic (exact) mass is 551 g/mol. The largest absolute Gasteiger partial charge is 0.493 e. The third-order valence-electron chi connectivity index (χ3n) is 6.72. The molecule has 1 aromatic carbocycles. The van der Waals surface area contributed by atoms with Gasteiger partial charge in [0, 0.05) is 11.4 Å². The molecule has 200 valence electrons. The first-order valence-electron chi connectivity index (χ1n) is 12.5. The summed E-state index contributed by atoms with van der Waals surface area (Å²) in [4.78, 5) is 14.1. The van der Waals surface area contributed by atoms with E-state index >= 15 is 0 Å². The normalized spacial score (nSPS) is 14.9. The number of benzene rings is 1. The van der Waals surface area contributed by atoms with E-state index in [9.17, 15) is 10.1 Å². The summed E-state index contributed by atoms with van der Waals surface area (Å²) in [5.74, 6) is 2.38. The van der Waals surface area contributed by atoms with Crippen LogP contribution in [0.5, 0.6) is 11.5 Å². The fraction of sp³-hybridized carbons (Fsp3) is 0.429. The van der Waals surface area contributed by atoms with E-state index in [1.54, 1.807) is 24.5 Å². The lowest BCUT2D eigenvalue weighted by molar-refractivity contribution is -0.113. The van der Waals surface area contributed by atoms with Crippen LogP contribution in [0.15, 0.2) is 42.1 Å². The van der Waals surface area contributed by atoms with Crippen LogP contribution < -0.4 is 14.8 Å². The Labute approximate surface area is 232 Å². The molecule has 1 aliphatic rings. The van der Waals surface area contributed by atoms with Crippen LogP contribution in [0.1, 0.15) is 49.0 Å². The SMILES string of the molecule is C=CCn1c(COc2ccccc2OC)nnc1SCC(=O)Nc1sc2c(c1C#N)CC[C@H](C(C)(C)C)C2. The van der Waals surface area contributed by atoms with E-state index in [2.05, 4.69) is 48.9 Å². The minimum absolute atomic E-state index is 0.140. The number of carbonyl (C=O) groups is 1. The van der Waals surface area contributed by atoms with Gasteiger partial charge in [0.05, 0.1) is 18.4 Å². The van der Waals surface area contributed by atoms with E-state index in [-0.39, 0.29) is 23.7 Å². The first-order chi connectivity index (χ1) is 18.2. The topological polar surface area (TPSA) is 102 Å². The summed E-state index contributed by atoms with van der Waals surface area (Å²) < 4.78 is 13.1. The molecule has 3 aromatic rings. The van der Waals surface area contributed by atoms with Crippen LogP contribution in [0.25, 0.3) is 0 Å². The molecule has 0 unspecified atom stereocenters. The minimum Gasteiger partial charge on any atom is -0.493 e. The highest BCUT2D eigenvalue weighted by atomic mass is 32.2. The lowest BCUT2D eigenvalue weighted by Gasteiger charge is -2.33. The molecule has 0 aliphatic heterocycles. The van der Waals surface area contributed by atoms with Crippen LogP contribution >= 0.6 is 23.1 Å². The molecule has 2 aromatic heterocycles. The molecule has 0 saturated heterocycles. The number of anilines is 1. The van der Waals surface area contributed by atoms with E-state index in [0.717, 1.165) is 24.8 Å². The number of thiophene rings is 1. The van der Waals surface area contributed by atoms with Crippen molar-refractivity contribution in [1.82, 2.24) is 14.8 Å². The number of hydrogen-bond donors (Lipinski definition) is 1. The molecule has 1 amide bonds. The Bertz CT molecular complexity index is 1350. The fourth-order valence-electron chi connectivity index (χ4n) is 4.55. The third kappa shape index (κ3) is 6.22. The highest BCUT2D eigenvalue weighted by molar-refractivity contribution is 7.99. The predicted octanol–water partition coefficient (Wildman–Crippen LogP) is 5.87. The smallest absolute Gasteiger partial charge is 0.235 e. The van der Waals surface area contributed by atoms with Gasteiger partial charge < -0.3 is 14.8 Å². The van der Waals surface area contributed by atoms with E-state index in [1.165, 1.54) is 16.6 Å². The van der Waals surface area contributed by atoms with Crippen LogP contribution in [0.2, 0.25) is 0 Å². The van der Waals surface area contributed by atoms with Crippen molar-refractivity contribution in [2.24, 2.45) is 11.3 Å². The Kier molecular flexibility index (Phi) is 8.80. The number of carbonyl (C=O) groups excluding carboxylic acids is 1. The maximum Gasteiger partial charge on any atom is 0.235 e. The van der Waals surface area contributed by atoms with Gasteiger partial charge in [0.2, 0.25) is 5.91 Å². The highest BCUT2D eigenvalue weighted by Gasteiger charge is 2.32. The lowest BCUT2D eigenvalue weighted by Crippen LogP contribution is -2.26. The minimum atomic E-state index is -0.183. The number of hydrogen-bond acceptors (Lipinski definition) is 8. The lowest BCUT2D eigenvalue weighted by atomic mass is 9.72. The van der Waals surface area contributed by atoms with Crippen molar-refractivity contribution in [3.8, 4) is 17.6 Å². The second-order valence-electron chi connectivity index (χ2n) is 10.2. The van der Waals surface area contributed by atoms with Crippen molar-refractivity contribution in [2.75, 3.05) is 18.2 Å². The van der Waals surface area contributed by atoms with Crippen molar-refractivity contribution in [1.29, 1.82) is 5.26 Å². The van der Waals surface area contributed by atoms with Crippen LogP contribution in [0.4, 0.5) is 5.00 Å². The predicted molar refractivity (Wildman–Crippen MR) is 151 cm³/mol. The van der Waals surface area contributed by atoms with Gasteiger partial charge in [-0.3, -0.25) is 9.36 Å². The summed E-state index contributed by atoms with van der Waals surface area (Å²) in [5, 5.41) is 22.6. The highest BCUT2D eigenvalue weighted by Crippen LogP contribution is 2.44. The van der Waals surface area contributed by atoms with Crippen molar-refractivity contribution < 1.29 is 14.3 Å². The number of aromatic nitrogens is 3. The van der Waals surface area contributed by atoms with Crippen molar-refractivity contribution in [3.63, 3.8) is 0 Å². The molecular formula is C28H33N5O3S2. The number of allylic oxidation sites excluding steroid dienone is 1. The molecule has 0 saturated carbocycles. The molecule has 2 heterocycles. The zero-order valence-corrected chi connectivity index (χ0v) is 23.9. The second kappa shape index (κ2) is 12.0. The first kappa shape index (κ1) is 27.7. The van der Waals surface area contributed by atoms with E-state index in [1.807, 2.05) is 28.8 Å². The number of thioether (sulfide) groups is 1. The molecule has 8 nitrogen and oxygen atoms in total. The number of para-hydroxylation sites is 2. The molecule has 1 N–H and O–H groups in total. The zero-order chi connectivity index (χ0) is 27.3. The average molecular weight is 552 g/mol. The Morgan fingerprint density at radius 2 is 2.11 bits per heavy atom. The number of nitriles is 1. The van der Waals surface area contributed by atoms with Crippen LogP contribution in [0.3, 0.4) is 0 Å². The zero-order valence-electron chi connectivity index (χ0n) is 22.2.